The number of alkyl halides is 1. The van der Waals surface area contributed by atoms with E-state index in [9.17, 15) is 0 Å². The third kappa shape index (κ3) is 2.86. The van der Waals surface area contributed by atoms with Gasteiger partial charge < -0.3 is 0 Å². The summed E-state index contributed by atoms with van der Waals surface area (Å²) in [6, 6.07) is 8.45. The standard InChI is InChI=1S/C11H14BrGeN/c1-13(2,3)11-5-9(7-12)4-10(6-11)8-14/h4-6H,7H2,1-3H3. The molecule has 0 atom stereocenters. The van der Waals surface area contributed by atoms with Gasteiger partial charge in [-0.15, -0.1) is 0 Å². The Balaban J connectivity index is 3.26. The van der Waals surface area contributed by atoms with Crippen LogP contribution in [0.25, 0.3) is 0 Å². The number of rotatable bonds is 2. The quantitative estimate of drug-likeness (QED) is 0.608. The maximum atomic E-state index is 8.90. The first kappa shape index (κ1) is 11.8. The van der Waals surface area contributed by atoms with Crippen LogP contribution in [-0.2, 0) is 5.33 Å². The van der Waals surface area contributed by atoms with Crippen molar-refractivity contribution < 1.29 is 0 Å². The normalized spacial score (nSPS) is 11.1. The molecule has 0 unspecified atom stereocenters. The minimum atomic E-state index is -1.79. The monoisotopic (exact) mass is 313 g/mol. The second-order valence-electron chi connectivity index (χ2n) is 4.41. The Bertz CT molecular complexity index is 374. The van der Waals surface area contributed by atoms with Crippen molar-refractivity contribution in [3.63, 3.8) is 0 Å². The van der Waals surface area contributed by atoms with E-state index in [-0.39, 0.29) is 0 Å². The van der Waals surface area contributed by atoms with E-state index < -0.39 is 13.3 Å². The Kier molecular flexibility index (Phi) is 3.80. The summed E-state index contributed by atoms with van der Waals surface area (Å²) in [6.07, 6.45) is 0. The van der Waals surface area contributed by atoms with Crippen molar-refractivity contribution in [2.75, 3.05) is 0 Å². The molecule has 0 fully saturated rings. The first-order chi connectivity index (χ1) is 6.47. The van der Waals surface area contributed by atoms with Crippen molar-refractivity contribution in [2.45, 2.75) is 22.6 Å². The molecule has 0 saturated heterocycles. The second kappa shape index (κ2) is 4.50. The zero-order valence-electron chi connectivity index (χ0n) is 8.76. The fourth-order valence-corrected chi connectivity index (χ4v) is 4.12. The van der Waals surface area contributed by atoms with E-state index in [0.717, 1.165) is 10.9 Å². The number of halogens is 1. The molecule has 0 aliphatic heterocycles. The van der Waals surface area contributed by atoms with Crippen LogP contribution < -0.4 is 4.40 Å². The maximum absolute atomic E-state index is 8.90. The van der Waals surface area contributed by atoms with Gasteiger partial charge in [-0.25, -0.2) is 0 Å². The summed E-state index contributed by atoms with van der Waals surface area (Å²) >= 11 is 1.64. The van der Waals surface area contributed by atoms with Gasteiger partial charge in [-0.3, -0.25) is 0 Å². The summed E-state index contributed by atoms with van der Waals surface area (Å²) in [5.74, 6) is 7.03. The molecule has 0 N–H and O–H groups in total. The van der Waals surface area contributed by atoms with Crippen LogP contribution in [-0.4, -0.2) is 13.3 Å². The van der Waals surface area contributed by atoms with Crippen LogP contribution in [0, 0.1) is 11.3 Å². The summed E-state index contributed by atoms with van der Waals surface area (Å²) < 4.78 is 1.40. The van der Waals surface area contributed by atoms with Crippen molar-refractivity contribution in [1.29, 1.82) is 5.26 Å². The van der Waals surface area contributed by atoms with Gasteiger partial charge in [-0.2, -0.15) is 0 Å². The average Bonchev–Trinajstić information content (AvgIpc) is 2.15. The summed E-state index contributed by atoms with van der Waals surface area (Å²) in [6.45, 7) is 0. The summed E-state index contributed by atoms with van der Waals surface area (Å²) in [4.78, 5) is 0. The number of nitriles is 1. The predicted molar refractivity (Wildman–Crippen MR) is 66.8 cm³/mol. The van der Waals surface area contributed by atoms with Gasteiger partial charge in [0, 0.05) is 0 Å². The fourth-order valence-electron chi connectivity index (χ4n) is 1.27. The summed E-state index contributed by atoms with van der Waals surface area (Å²) in [7, 11) is 0. The predicted octanol–water partition coefficient (Wildman–Crippen LogP) is 3.00. The van der Waals surface area contributed by atoms with Crippen LogP contribution in [0.5, 0.6) is 0 Å². The van der Waals surface area contributed by atoms with Crippen molar-refractivity contribution in [2.24, 2.45) is 0 Å². The van der Waals surface area contributed by atoms with Crippen molar-refractivity contribution in [1.82, 2.24) is 0 Å². The number of hydrogen-bond acceptors (Lipinski definition) is 1. The van der Waals surface area contributed by atoms with Crippen LogP contribution in [0.15, 0.2) is 18.2 Å². The van der Waals surface area contributed by atoms with Gasteiger partial charge in [0.15, 0.2) is 0 Å². The van der Waals surface area contributed by atoms with E-state index in [2.05, 4.69) is 45.3 Å². The minimum absolute atomic E-state index is 0.789. The van der Waals surface area contributed by atoms with E-state index in [0.29, 0.717) is 0 Å². The molecule has 0 bridgehead atoms. The molecule has 3 heteroatoms. The Morgan fingerprint density at radius 1 is 1.29 bits per heavy atom. The average molecular weight is 313 g/mol. The molecule has 0 spiro atoms. The van der Waals surface area contributed by atoms with E-state index in [4.69, 9.17) is 5.26 Å². The Labute approximate surface area is 96.6 Å². The van der Waals surface area contributed by atoms with E-state index in [1.54, 1.807) is 0 Å². The Morgan fingerprint density at radius 2 is 1.93 bits per heavy atom. The molecule has 0 amide bonds. The van der Waals surface area contributed by atoms with Crippen LogP contribution in [0.3, 0.4) is 0 Å². The SMILES string of the molecule is [CH3][Ge]([CH3])([CH3])[c]1cc(C#N)cc(CBr)c1. The van der Waals surface area contributed by atoms with Crippen molar-refractivity contribution in [3.8, 4) is 6.07 Å². The zero-order chi connectivity index (χ0) is 10.8. The molecule has 0 heterocycles. The van der Waals surface area contributed by atoms with E-state index in [1.807, 2.05) is 12.1 Å². The second-order valence-corrected chi connectivity index (χ2v) is 15.6. The molecule has 1 aromatic rings. The molecular formula is C11H14BrGeN. The molecule has 0 saturated carbocycles. The van der Waals surface area contributed by atoms with Crippen LogP contribution in [0.4, 0.5) is 0 Å². The van der Waals surface area contributed by atoms with Gasteiger partial charge in [0.2, 0.25) is 0 Å². The Morgan fingerprint density at radius 3 is 2.36 bits per heavy atom. The topological polar surface area (TPSA) is 23.8 Å². The molecule has 0 aromatic heterocycles. The van der Waals surface area contributed by atoms with Gasteiger partial charge >= 0.3 is 96.8 Å². The van der Waals surface area contributed by atoms with Gasteiger partial charge in [-0.05, 0) is 0 Å². The summed E-state index contributed by atoms with van der Waals surface area (Å²) in [5.41, 5.74) is 2.00. The van der Waals surface area contributed by atoms with Gasteiger partial charge in [0.05, 0.1) is 0 Å². The van der Waals surface area contributed by atoms with Gasteiger partial charge in [0.25, 0.3) is 0 Å². The third-order valence-electron chi connectivity index (χ3n) is 2.14. The first-order valence-electron chi connectivity index (χ1n) is 4.58. The van der Waals surface area contributed by atoms with Gasteiger partial charge in [-0.1, -0.05) is 0 Å². The van der Waals surface area contributed by atoms with Crippen molar-refractivity contribution in [3.05, 3.63) is 29.3 Å². The molecule has 0 radical (unpaired) electrons. The molecule has 14 heavy (non-hydrogen) atoms. The fraction of sp³-hybridized carbons (Fsp3) is 0.364. The summed E-state index contributed by atoms with van der Waals surface area (Å²) in [5, 5.41) is 9.73. The molecule has 1 aromatic carbocycles. The molecular weight excluding hydrogens is 299 g/mol. The Hall–Kier alpha value is -0.267. The molecule has 0 aliphatic carbocycles. The van der Waals surface area contributed by atoms with E-state index in [1.165, 1.54) is 9.96 Å². The number of nitrogens with zero attached hydrogens (tertiary/aromatic N) is 1. The molecule has 74 valence electrons. The molecule has 1 nitrogen and oxygen atoms in total. The molecule has 0 aliphatic rings. The number of benzene rings is 1. The van der Waals surface area contributed by atoms with Crippen LogP contribution >= 0.6 is 15.9 Å². The van der Waals surface area contributed by atoms with Crippen LogP contribution in [0.1, 0.15) is 11.1 Å². The number of hydrogen-bond donors (Lipinski definition) is 0. The molecule has 1 rings (SSSR count). The zero-order valence-corrected chi connectivity index (χ0v) is 12.4. The van der Waals surface area contributed by atoms with Crippen LogP contribution in [0.2, 0.25) is 17.3 Å². The van der Waals surface area contributed by atoms with Gasteiger partial charge in [0.1, 0.15) is 0 Å². The third-order valence-corrected chi connectivity index (χ3v) is 7.03. The van der Waals surface area contributed by atoms with E-state index >= 15 is 0 Å². The van der Waals surface area contributed by atoms with Crippen molar-refractivity contribution >= 4 is 33.6 Å². The first-order valence-corrected chi connectivity index (χ1v) is 13.0.